The van der Waals surface area contributed by atoms with Crippen LogP contribution in [0.2, 0.25) is 0 Å². The molecule has 0 saturated heterocycles. The van der Waals surface area contributed by atoms with Crippen molar-refractivity contribution in [2.45, 2.75) is 38.5 Å². The first-order chi connectivity index (χ1) is 8.19. The molecule has 1 atom stereocenters. The van der Waals surface area contributed by atoms with E-state index in [1.54, 1.807) is 18.4 Å². The van der Waals surface area contributed by atoms with E-state index < -0.39 is 0 Å². The zero-order chi connectivity index (χ0) is 12.3. The quantitative estimate of drug-likeness (QED) is 0.615. The van der Waals surface area contributed by atoms with Crippen LogP contribution in [0, 0.1) is 0 Å². The zero-order valence-corrected chi connectivity index (χ0v) is 11.0. The zero-order valence-electron chi connectivity index (χ0n) is 10.1. The Morgan fingerprint density at radius 3 is 3.18 bits per heavy atom. The number of aliphatic imine (C=N–C) groups is 1. The van der Waals surface area contributed by atoms with Gasteiger partial charge in [0.1, 0.15) is 11.1 Å². The maximum atomic E-state index is 5.75. The second-order valence-corrected chi connectivity index (χ2v) is 5.06. The molecule has 0 aromatic carbocycles. The van der Waals surface area contributed by atoms with Gasteiger partial charge in [-0.1, -0.05) is 0 Å². The highest BCUT2D eigenvalue weighted by molar-refractivity contribution is 7.09. The fourth-order valence-electron chi connectivity index (χ4n) is 1.33. The van der Waals surface area contributed by atoms with Crippen LogP contribution in [0.4, 0.5) is 0 Å². The van der Waals surface area contributed by atoms with Gasteiger partial charge in [0.25, 0.3) is 0 Å². The number of aromatic nitrogens is 1. The van der Waals surface area contributed by atoms with E-state index in [-0.39, 0.29) is 6.10 Å². The first kappa shape index (κ1) is 12.3. The lowest BCUT2D eigenvalue weighted by atomic mass is 10.4. The summed E-state index contributed by atoms with van der Waals surface area (Å²) in [6.07, 6.45) is 2.44. The van der Waals surface area contributed by atoms with Gasteiger partial charge < -0.3 is 15.8 Å². The number of guanidine groups is 1. The Labute approximate surface area is 105 Å². The molecule has 1 unspecified atom stereocenters. The Morgan fingerprint density at radius 1 is 1.76 bits per heavy atom. The summed E-state index contributed by atoms with van der Waals surface area (Å²) in [6, 6.07) is 0.540. The van der Waals surface area contributed by atoms with E-state index in [9.17, 15) is 0 Å². The van der Waals surface area contributed by atoms with Gasteiger partial charge >= 0.3 is 0 Å². The third kappa shape index (κ3) is 3.67. The molecule has 0 bridgehead atoms. The number of hydrogen-bond acceptors (Lipinski definition) is 4. The minimum atomic E-state index is 0.0414. The van der Waals surface area contributed by atoms with E-state index in [0.717, 1.165) is 10.7 Å². The van der Waals surface area contributed by atoms with Gasteiger partial charge in [-0.15, -0.1) is 11.3 Å². The monoisotopic (exact) mass is 254 g/mol. The third-order valence-corrected chi connectivity index (χ3v) is 3.67. The van der Waals surface area contributed by atoms with Crippen molar-refractivity contribution in [3.05, 3.63) is 16.1 Å². The normalized spacial score (nSPS) is 18.1. The summed E-state index contributed by atoms with van der Waals surface area (Å²) in [4.78, 5) is 8.71. The molecule has 1 aliphatic rings. The maximum Gasteiger partial charge on any atom is 0.189 e. The summed E-state index contributed by atoms with van der Waals surface area (Å²) < 4.78 is 5.21. The maximum absolute atomic E-state index is 5.75. The fourth-order valence-corrected chi connectivity index (χ4v) is 2.17. The highest BCUT2D eigenvalue weighted by atomic mass is 32.1. The summed E-state index contributed by atoms with van der Waals surface area (Å²) in [5, 5.41) is 6.12. The Kier molecular flexibility index (Phi) is 3.96. The summed E-state index contributed by atoms with van der Waals surface area (Å²) in [5.74, 6) is 0.516. The lowest BCUT2D eigenvalue weighted by Crippen LogP contribution is -2.33. The summed E-state index contributed by atoms with van der Waals surface area (Å²) >= 11 is 1.59. The van der Waals surface area contributed by atoms with Crippen LogP contribution in [0.15, 0.2) is 10.4 Å². The third-order valence-electron chi connectivity index (χ3n) is 2.61. The van der Waals surface area contributed by atoms with Gasteiger partial charge in [-0.3, -0.25) is 0 Å². The highest BCUT2D eigenvalue weighted by Crippen LogP contribution is 2.21. The predicted octanol–water partition coefficient (Wildman–Crippen LogP) is 1.42. The Morgan fingerprint density at radius 2 is 2.53 bits per heavy atom. The largest absolute Gasteiger partial charge is 0.375 e. The van der Waals surface area contributed by atoms with Gasteiger partial charge in [-0.2, -0.15) is 0 Å². The molecule has 0 amide bonds. The molecule has 1 aromatic heterocycles. The molecular weight excluding hydrogens is 236 g/mol. The molecule has 6 heteroatoms. The average Bonchev–Trinajstić information content (AvgIpc) is 3.00. The van der Waals surface area contributed by atoms with Gasteiger partial charge in [0.2, 0.25) is 0 Å². The first-order valence-electron chi connectivity index (χ1n) is 5.72. The lowest BCUT2D eigenvalue weighted by molar-refractivity contribution is 0.119. The van der Waals surface area contributed by atoms with Crippen molar-refractivity contribution in [2.75, 3.05) is 7.11 Å². The molecule has 94 valence electrons. The fraction of sp³-hybridized carbons (Fsp3) is 0.636. The van der Waals surface area contributed by atoms with Crippen LogP contribution in [-0.2, 0) is 11.3 Å². The number of nitrogens with one attached hydrogen (secondary N) is 1. The topological polar surface area (TPSA) is 72.5 Å². The smallest absolute Gasteiger partial charge is 0.189 e. The molecule has 0 radical (unpaired) electrons. The van der Waals surface area contributed by atoms with Crippen molar-refractivity contribution in [1.82, 2.24) is 10.3 Å². The van der Waals surface area contributed by atoms with Gasteiger partial charge in [-0.05, 0) is 19.8 Å². The number of hydrogen-bond donors (Lipinski definition) is 2. The SMILES string of the molecule is COC(C)c1nc(CN=C(N)NC2CC2)cs1. The molecule has 1 aliphatic carbocycles. The molecule has 17 heavy (non-hydrogen) atoms. The van der Waals surface area contributed by atoms with Crippen molar-refractivity contribution >= 4 is 17.3 Å². The number of ether oxygens (including phenoxy) is 1. The van der Waals surface area contributed by atoms with Crippen LogP contribution < -0.4 is 11.1 Å². The number of thiazole rings is 1. The number of rotatable bonds is 5. The molecule has 1 aromatic rings. The van der Waals surface area contributed by atoms with Crippen LogP contribution >= 0.6 is 11.3 Å². The van der Waals surface area contributed by atoms with E-state index in [1.807, 2.05) is 12.3 Å². The van der Waals surface area contributed by atoms with E-state index in [1.165, 1.54) is 12.8 Å². The van der Waals surface area contributed by atoms with Crippen LogP contribution in [0.3, 0.4) is 0 Å². The Bertz CT molecular complexity index is 400. The van der Waals surface area contributed by atoms with Gasteiger partial charge in [-0.25, -0.2) is 9.98 Å². The second-order valence-electron chi connectivity index (χ2n) is 4.18. The van der Waals surface area contributed by atoms with E-state index in [0.29, 0.717) is 18.5 Å². The standard InChI is InChI=1S/C11H18N4OS/c1-7(16-2)10-14-9(6-17-10)5-13-11(12)15-8-3-4-8/h6-8H,3-5H2,1-2H3,(H3,12,13,15). The number of nitrogens with zero attached hydrogens (tertiary/aromatic N) is 2. The summed E-state index contributed by atoms with van der Waals surface area (Å²) in [5.41, 5.74) is 6.68. The Hall–Kier alpha value is -1.14. The molecule has 2 rings (SSSR count). The van der Waals surface area contributed by atoms with Crippen LogP contribution in [0.5, 0.6) is 0 Å². The Balaban J connectivity index is 1.87. The van der Waals surface area contributed by atoms with E-state index in [4.69, 9.17) is 10.5 Å². The van der Waals surface area contributed by atoms with Gasteiger partial charge in [0.15, 0.2) is 5.96 Å². The van der Waals surface area contributed by atoms with Crippen molar-refractivity contribution in [1.29, 1.82) is 0 Å². The minimum absolute atomic E-state index is 0.0414. The first-order valence-corrected chi connectivity index (χ1v) is 6.60. The molecule has 5 nitrogen and oxygen atoms in total. The predicted molar refractivity (Wildman–Crippen MR) is 69.0 cm³/mol. The second kappa shape index (κ2) is 5.46. The average molecular weight is 254 g/mol. The molecule has 1 fully saturated rings. The van der Waals surface area contributed by atoms with Crippen molar-refractivity contribution < 1.29 is 4.74 Å². The summed E-state index contributed by atoms with van der Waals surface area (Å²) in [6.45, 7) is 2.51. The van der Waals surface area contributed by atoms with E-state index in [2.05, 4.69) is 15.3 Å². The van der Waals surface area contributed by atoms with Gasteiger partial charge in [0.05, 0.1) is 12.2 Å². The molecule has 3 N–H and O–H groups in total. The van der Waals surface area contributed by atoms with E-state index >= 15 is 0 Å². The molecule has 0 aliphatic heterocycles. The van der Waals surface area contributed by atoms with Crippen molar-refractivity contribution in [2.24, 2.45) is 10.7 Å². The van der Waals surface area contributed by atoms with Crippen molar-refractivity contribution in [3.63, 3.8) is 0 Å². The van der Waals surface area contributed by atoms with Gasteiger partial charge in [0, 0.05) is 18.5 Å². The van der Waals surface area contributed by atoms with Crippen LogP contribution in [0.25, 0.3) is 0 Å². The number of methoxy groups -OCH3 is 1. The van der Waals surface area contributed by atoms with Crippen molar-refractivity contribution in [3.8, 4) is 0 Å². The molecule has 0 spiro atoms. The molecular formula is C11H18N4OS. The summed E-state index contributed by atoms with van der Waals surface area (Å²) in [7, 11) is 1.68. The number of nitrogens with two attached hydrogens (primary N) is 1. The van der Waals surface area contributed by atoms with Crippen LogP contribution in [0.1, 0.15) is 36.6 Å². The highest BCUT2D eigenvalue weighted by Gasteiger charge is 2.21. The lowest BCUT2D eigenvalue weighted by Gasteiger charge is -2.03. The molecule has 1 saturated carbocycles. The minimum Gasteiger partial charge on any atom is -0.375 e. The molecule has 1 heterocycles. The van der Waals surface area contributed by atoms with Crippen LogP contribution in [-0.4, -0.2) is 24.1 Å².